The minimum atomic E-state index is -0.486. The largest absolute Gasteiger partial charge is 0.484 e. The Kier molecular flexibility index (Phi) is 4.95. The summed E-state index contributed by atoms with van der Waals surface area (Å²) in [5.74, 6) is 0.132. The van der Waals surface area contributed by atoms with Gasteiger partial charge in [0.2, 0.25) is 0 Å². The molecular weight excluding hydrogens is 274 g/mol. The van der Waals surface area contributed by atoms with Gasteiger partial charge in [-0.15, -0.1) is 11.3 Å². The van der Waals surface area contributed by atoms with Crippen LogP contribution in [0, 0.1) is 0 Å². The number of aromatic nitrogens is 1. The molecule has 0 aliphatic carbocycles. The third-order valence-electron chi connectivity index (χ3n) is 2.59. The second-order valence-corrected chi connectivity index (χ2v) is 5.41. The number of carbonyl (C=O) groups is 1. The molecule has 6 heteroatoms. The van der Waals surface area contributed by atoms with Crippen LogP contribution in [0.5, 0.6) is 5.75 Å². The number of benzene rings is 1. The number of nitrogens with zero attached hydrogens (tertiary/aromatic N) is 1. The van der Waals surface area contributed by atoms with Gasteiger partial charge in [-0.3, -0.25) is 4.79 Å². The van der Waals surface area contributed by atoms with Crippen LogP contribution in [0.25, 0.3) is 0 Å². The van der Waals surface area contributed by atoms with Crippen LogP contribution in [0.1, 0.15) is 16.8 Å². The normalized spacial score (nSPS) is 10.2. The van der Waals surface area contributed by atoms with E-state index in [4.69, 9.17) is 10.5 Å². The van der Waals surface area contributed by atoms with E-state index in [2.05, 4.69) is 17.2 Å². The zero-order valence-corrected chi connectivity index (χ0v) is 12.1. The molecule has 106 valence electrons. The van der Waals surface area contributed by atoms with Crippen LogP contribution in [0.15, 0.2) is 30.5 Å². The van der Waals surface area contributed by atoms with Crippen molar-refractivity contribution in [1.82, 2.24) is 4.98 Å². The molecule has 2 aromatic rings. The van der Waals surface area contributed by atoms with Crippen molar-refractivity contribution in [2.24, 2.45) is 5.73 Å². The molecule has 2 rings (SSSR count). The second kappa shape index (κ2) is 6.91. The van der Waals surface area contributed by atoms with Gasteiger partial charge in [0.15, 0.2) is 6.61 Å². The number of anilines is 1. The number of thiazole rings is 1. The van der Waals surface area contributed by atoms with Gasteiger partial charge in [0.05, 0.1) is 11.6 Å². The number of aryl methyl sites for hydroxylation is 1. The Balaban J connectivity index is 1.92. The Morgan fingerprint density at radius 3 is 3.05 bits per heavy atom. The molecule has 1 heterocycles. The molecule has 0 aliphatic heterocycles. The van der Waals surface area contributed by atoms with Gasteiger partial charge in [-0.1, -0.05) is 13.0 Å². The first kappa shape index (κ1) is 14.3. The van der Waals surface area contributed by atoms with Gasteiger partial charge in [0, 0.05) is 22.8 Å². The lowest BCUT2D eigenvalue weighted by atomic mass is 10.3. The number of hydrogen-bond acceptors (Lipinski definition) is 5. The summed E-state index contributed by atoms with van der Waals surface area (Å²) in [6, 6.07) is 7.43. The minimum Gasteiger partial charge on any atom is -0.484 e. The predicted molar refractivity (Wildman–Crippen MR) is 80.0 cm³/mol. The first-order chi connectivity index (χ1) is 9.67. The molecule has 1 aromatic carbocycles. The zero-order chi connectivity index (χ0) is 14.4. The topological polar surface area (TPSA) is 77.2 Å². The van der Waals surface area contributed by atoms with E-state index < -0.39 is 5.91 Å². The van der Waals surface area contributed by atoms with Crippen molar-refractivity contribution in [3.8, 4) is 5.75 Å². The van der Waals surface area contributed by atoms with Gasteiger partial charge in [-0.2, -0.15) is 0 Å². The minimum absolute atomic E-state index is 0.113. The quantitative estimate of drug-likeness (QED) is 0.819. The van der Waals surface area contributed by atoms with Gasteiger partial charge in [-0.05, 0) is 18.6 Å². The molecule has 0 spiro atoms. The average Bonchev–Trinajstić information content (AvgIpc) is 2.91. The highest BCUT2D eigenvalue weighted by molar-refractivity contribution is 7.11. The van der Waals surface area contributed by atoms with Gasteiger partial charge in [-0.25, -0.2) is 4.98 Å². The Bertz CT molecular complexity index is 583. The molecule has 0 unspecified atom stereocenters. The lowest BCUT2D eigenvalue weighted by molar-refractivity contribution is -0.119. The molecule has 0 saturated heterocycles. The number of ether oxygens (including phenoxy) is 1. The molecule has 0 bridgehead atoms. The number of carbonyl (C=O) groups excluding carboxylic acids is 1. The summed E-state index contributed by atoms with van der Waals surface area (Å²) in [7, 11) is 0. The van der Waals surface area contributed by atoms with Crippen LogP contribution < -0.4 is 15.8 Å². The number of amides is 1. The maximum Gasteiger partial charge on any atom is 0.255 e. The Labute approximate surface area is 121 Å². The molecule has 1 aromatic heterocycles. The van der Waals surface area contributed by atoms with E-state index in [0.717, 1.165) is 23.7 Å². The first-order valence-corrected chi connectivity index (χ1v) is 7.17. The third-order valence-corrected chi connectivity index (χ3v) is 3.73. The maximum atomic E-state index is 10.7. The third kappa shape index (κ3) is 4.24. The number of primary amides is 1. The molecule has 0 fully saturated rings. The summed E-state index contributed by atoms with van der Waals surface area (Å²) in [5, 5.41) is 4.44. The molecule has 1 amide bonds. The van der Waals surface area contributed by atoms with Gasteiger partial charge >= 0.3 is 0 Å². The maximum absolute atomic E-state index is 10.7. The lowest BCUT2D eigenvalue weighted by Gasteiger charge is -2.08. The van der Waals surface area contributed by atoms with Gasteiger partial charge in [0.25, 0.3) is 5.91 Å². The number of nitrogens with two attached hydrogens (primary N) is 1. The first-order valence-electron chi connectivity index (χ1n) is 6.36. The lowest BCUT2D eigenvalue weighted by Crippen LogP contribution is -2.20. The monoisotopic (exact) mass is 291 g/mol. The van der Waals surface area contributed by atoms with Crippen LogP contribution in [0.3, 0.4) is 0 Å². The van der Waals surface area contributed by atoms with Crippen molar-refractivity contribution in [1.29, 1.82) is 0 Å². The smallest absolute Gasteiger partial charge is 0.255 e. The van der Waals surface area contributed by atoms with E-state index in [-0.39, 0.29) is 6.61 Å². The van der Waals surface area contributed by atoms with Crippen LogP contribution in [0.4, 0.5) is 5.69 Å². The van der Waals surface area contributed by atoms with Crippen LogP contribution in [-0.4, -0.2) is 17.5 Å². The zero-order valence-electron chi connectivity index (χ0n) is 11.3. The van der Waals surface area contributed by atoms with Crippen molar-refractivity contribution in [2.75, 3.05) is 11.9 Å². The molecule has 0 radical (unpaired) electrons. The van der Waals surface area contributed by atoms with E-state index in [1.807, 2.05) is 24.4 Å². The highest BCUT2D eigenvalue weighted by Crippen LogP contribution is 2.19. The van der Waals surface area contributed by atoms with Crippen LogP contribution in [0.2, 0.25) is 0 Å². The van der Waals surface area contributed by atoms with Gasteiger partial charge in [0.1, 0.15) is 5.75 Å². The average molecular weight is 291 g/mol. The van der Waals surface area contributed by atoms with Crippen LogP contribution >= 0.6 is 11.3 Å². The second-order valence-electron chi connectivity index (χ2n) is 4.21. The molecule has 0 atom stereocenters. The molecule has 0 aliphatic rings. The van der Waals surface area contributed by atoms with Crippen molar-refractivity contribution in [2.45, 2.75) is 19.9 Å². The van der Waals surface area contributed by atoms with E-state index in [1.54, 1.807) is 17.4 Å². The fourth-order valence-electron chi connectivity index (χ4n) is 1.63. The van der Waals surface area contributed by atoms with Crippen LogP contribution in [-0.2, 0) is 17.8 Å². The van der Waals surface area contributed by atoms with E-state index in [1.165, 1.54) is 4.88 Å². The van der Waals surface area contributed by atoms with Crippen molar-refractivity contribution in [3.05, 3.63) is 40.3 Å². The van der Waals surface area contributed by atoms with Crippen molar-refractivity contribution in [3.63, 3.8) is 0 Å². The highest BCUT2D eigenvalue weighted by atomic mass is 32.1. The number of hydrogen-bond donors (Lipinski definition) is 2. The Morgan fingerprint density at radius 2 is 2.35 bits per heavy atom. The molecular formula is C14H17N3O2S. The Morgan fingerprint density at radius 1 is 1.50 bits per heavy atom. The number of rotatable bonds is 7. The fraction of sp³-hybridized carbons (Fsp3) is 0.286. The molecule has 0 saturated carbocycles. The SMILES string of the molecule is CCc1ncc(CNc2cccc(OCC(N)=O)c2)s1. The van der Waals surface area contributed by atoms with Crippen molar-refractivity contribution < 1.29 is 9.53 Å². The summed E-state index contributed by atoms with van der Waals surface area (Å²) >= 11 is 1.70. The molecule has 20 heavy (non-hydrogen) atoms. The number of nitrogens with one attached hydrogen (secondary N) is 1. The fourth-order valence-corrected chi connectivity index (χ4v) is 2.43. The summed E-state index contributed by atoms with van der Waals surface area (Å²) in [5.41, 5.74) is 5.97. The van der Waals surface area contributed by atoms with E-state index in [9.17, 15) is 4.79 Å². The summed E-state index contributed by atoms with van der Waals surface area (Å²) in [6.07, 6.45) is 2.85. The predicted octanol–water partition coefficient (Wildman–Crippen LogP) is 2.18. The Hall–Kier alpha value is -2.08. The summed E-state index contributed by atoms with van der Waals surface area (Å²) in [6.45, 7) is 2.70. The van der Waals surface area contributed by atoms with Crippen molar-refractivity contribution >= 4 is 22.9 Å². The highest BCUT2D eigenvalue weighted by Gasteiger charge is 2.02. The van der Waals surface area contributed by atoms with E-state index in [0.29, 0.717) is 5.75 Å². The molecule has 5 nitrogen and oxygen atoms in total. The van der Waals surface area contributed by atoms with Gasteiger partial charge < -0.3 is 15.8 Å². The standard InChI is InChI=1S/C14H17N3O2S/c1-2-14-17-8-12(20-14)7-16-10-4-3-5-11(6-10)19-9-13(15)18/h3-6,8,16H,2,7,9H2,1H3,(H2,15,18). The molecule has 3 N–H and O–H groups in total. The van der Waals surface area contributed by atoms with E-state index >= 15 is 0 Å². The summed E-state index contributed by atoms with van der Waals surface area (Å²) < 4.78 is 5.26. The summed E-state index contributed by atoms with van der Waals surface area (Å²) in [4.78, 5) is 16.2.